The van der Waals surface area contributed by atoms with Crippen LogP contribution in [-0.2, 0) is 20.7 Å². The molecule has 0 N–H and O–H groups in total. The molecule has 0 aliphatic carbocycles. The second-order valence-electron chi connectivity index (χ2n) is 10.1. The number of methoxy groups -OCH3 is 1. The number of aromatic nitrogens is 1. The minimum absolute atomic E-state index is 0.00788. The van der Waals surface area contributed by atoms with Crippen LogP contribution in [0.15, 0.2) is 42.6 Å². The number of halogens is 1. The molecule has 1 unspecified atom stereocenters. The van der Waals surface area contributed by atoms with Gasteiger partial charge < -0.3 is 23.8 Å². The van der Waals surface area contributed by atoms with E-state index in [1.54, 1.807) is 49.5 Å². The van der Waals surface area contributed by atoms with E-state index in [-0.39, 0.29) is 23.9 Å². The maximum atomic E-state index is 15.0. The van der Waals surface area contributed by atoms with Crippen molar-refractivity contribution in [2.24, 2.45) is 5.92 Å². The Morgan fingerprint density at radius 2 is 1.90 bits per heavy atom. The van der Waals surface area contributed by atoms with E-state index in [1.165, 1.54) is 12.1 Å². The number of morpholine rings is 1. The zero-order valence-corrected chi connectivity index (χ0v) is 22.9. The molecule has 0 spiro atoms. The van der Waals surface area contributed by atoms with Gasteiger partial charge in [0, 0.05) is 57.3 Å². The lowest BCUT2D eigenvalue weighted by atomic mass is 9.96. The Morgan fingerprint density at radius 3 is 2.62 bits per heavy atom. The van der Waals surface area contributed by atoms with E-state index >= 15 is 4.39 Å². The highest BCUT2D eigenvalue weighted by atomic mass is 19.1. The Balaban J connectivity index is 1.26. The highest BCUT2D eigenvalue weighted by Crippen LogP contribution is 2.37. The van der Waals surface area contributed by atoms with Crippen molar-refractivity contribution in [3.63, 3.8) is 0 Å². The molecule has 3 heterocycles. The normalized spacial score (nSPS) is 17.8. The summed E-state index contributed by atoms with van der Waals surface area (Å²) in [5.74, 6) is -0.0991. The zero-order valence-electron chi connectivity index (χ0n) is 22.9. The van der Waals surface area contributed by atoms with Gasteiger partial charge in [-0.25, -0.2) is 4.39 Å². The van der Waals surface area contributed by atoms with Gasteiger partial charge in [-0.2, -0.15) is 0 Å². The number of ketones is 1. The van der Waals surface area contributed by atoms with Crippen molar-refractivity contribution in [1.29, 1.82) is 0 Å². The Morgan fingerprint density at radius 1 is 1.07 bits per heavy atom. The summed E-state index contributed by atoms with van der Waals surface area (Å²) in [6.45, 7) is 5.43. The lowest BCUT2D eigenvalue weighted by Gasteiger charge is -2.26. The second kappa shape index (κ2) is 12.6. The maximum absolute atomic E-state index is 15.0. The lowest BCUT2D eigenvalue weighted by molar-refractivity contribution is -0.135. The average molecular weight is 552 g/mol. The van der Waals surface area contributed by atoms with Gasteiger partial charge >= 0.3 is 0 Å². The van der Waals surface area contributed by atoms with Crippen LogP contribution < -0.4 is 14.2 Å². The minimum Gasteiger partial charge on any atom is -0.493 e. The van der Waals surface area contributed by atoms with E-state index in [0.717, 1.165) is 39.3 Å². The van der Waals surface area contributed by atoms with Gasteiger partial charge in [0.25, 0.3) is 0 Å². The maximum Gasteiger partial charge on any atom is 0.232 e. The first kappa shape index (κ1) is 27.8. The fourth-order valence-corrected chi connectivity index (χ4v) is 5.09. The summed E-state index contributed by atoms with van der Waals surface area (Å²) in [6.07, 6.45) is 2.95. The third-order valence-corrected chi connectivity index (χ3v) is 7.38. The predicted octanol–water partition coefficient (Wildman–Crippen LogP) is 3.87. The standard InChI is InChI=1S/C30H34FN3O6/c1-33-10-7-21(30(33)36)25(35)17-20-4-5-27(23(31)16-20)40-26-6-8-32-24-19-29(28(37-2)18-22(24)26)39-13-3-9-34-11-14-38-15-12-34/h4-6,8,16,18-19,21H,3,7,9-15,17H2,1-2H3. The van der Waals surface area contributed by atoms with Crippen molar-refractivity contribution in [3.8, 4) is 23.0 Å². The first-order chi connectivity index (χ1) is 19.4. The van der Waals surface area contributed by atoms with E-state index in [0.29, 0.717) is 53.3 Å². The summed E-state index contributed by atoms with van der Waals surface area (Å²) < 4.78 is 38.0. The third-order valence-electron chi connectivity index (χ3n) is 7.38. The first-order valence-corrected chi connectivity index (χ1v) is 13.6. The molecule has 2 aliphatic heterocycles. The number of benzene rings is 2. The monoisotopic (exact) mass is 551 g/mol. The molecule has 1 atom stereocenters. The molecule has 10 heteroatoms. The number of ether oxygens (including phenoxy) is 4. The van der Waals surface area contributed by atoms with Gasteiger partial charge in [0.15, 0.2) is 23.1 Å². The number of Topliss-reactive ketones (excluding diaryl/α,β-unsaturated/α-hetero) is 1. The number of carbonyl (C=O) groups is 2. The van der Waals surface area contributed by atoms with Crippen LogP contribution in [0.2, 0.25) is 0 Å². The summed E-state index contributed by atoms with van der Waals surface area (Å²) in [5, 5.41) is 0.641. The summed E-state index contributed by atoms with van der Waals surface area (Å²) in [4.78, 5) is 33.1. The Kier molecular flexibility index (Phi) is 8.76. The molecule has 2 fully saturated rings. The SMILES string of the molecule is COc1cc2c(Oc3ccc(CC(=O)C4CCN(C)C4=O)cc3F)ccnc2cc1OCCCN1CCOCC1. The van der Waals surface area contributed by atoms with Crippen LogP contribution in [0.3, 0.4) is 0 Å². The number of fused-ring (bicyclic) bond motifs is 1. The molecular weight excluding hydrogens is 517 g/mol. The molecule has 0 radical (unpaired) electrons. The molecule has 0 saturated carbocycles. The van der Waals surface area contributed by atoms with Gasteiger partial charge in [-0.3, -0.25) is 19.5 Å². The van der Waals surface area contributed by atoms with Gasteiger partial charge in [-0.1, -0.05) is 6.07 Å². The van der Waals surface area contributed by atoms with E-state index in [4.69, 9.17) is 18.9 Å². The Bertz CT molecular complexity index is 1380. The second-order valence-corrected chi connectivity index (χ2v) is 10.1. The highest BCUT2D eigenvalue weighted by molar-refractivity contribution is 6.03. The molecule has 3 aromatic rings. The topological polar surface area (TPSA) is 90.4 Å². The number of likely N-dealkylation sites (tertiary alicyclic amines) is 1. The summed E-state index contributed by atoms with van der Waals surface area (Å²) in [5.41, 5.74) is 1.11. The minimum atomic E-state index is -0.652. The van der Waals surface area contributed by atoms with Crippen molar-refractivity contribution in [1.82, 2.24) is 14.8 Å². The van der Waals surface area contributed by atoms with Gasteiger partial charge in [-0.15, -0.1) is 0 Å². The van der Waals surface area contributed by atoms with Gasteiger partial charge in [0.2, 0.25) is 5.91 Å². The van der Waals surface area contributed by atoms with Crippen LogP contribution in [0, 0.1) is 11.7 Å². The van der Waals surface area contributed by atoms with Gasteiger partial charge in [-0.05, 0) is 42.7 Å². The molecule has 2 aliphatic rings. The summed E-state index contributed by atoms with van der Waals surface area (Å²) in [7, 11) is 3.25. The predicted molar refractivity (Wildman–Crippen MR) is 147 cm³/mol. The number of hydrogen-bond donors (Lipinski definition) is 0. The fraction of sp³-hybridized carbons (Fsp3) is 0.433. The van der Waals surface area contributed by atoms with Gasteiger partial charge in [0.05, 0.1) is 38.4 Å². The molecule has 1 aromatic heterocycles. The Labute approximate surface area is 232 Å². The number of pyridine rings is 1. The Hall–Kier alpha value is -3.76. The number of hydrogen-bond acceptors (Lipinski definition) is 8. The molecule has 2 saturated heterocycles. The van der Waals surface area contributed by atoms with Crippen LogP contribution >= 0.6 is 0 Å². The number of amides is 1. The lowest BCUT2D eigenvalue weighted by Crippen LogP contribution is -2.37. The van der Waals surface area contributed by atoms with Crippen LogP contribution in [0.25, 0.3) is 10.9 Å². The van der Waals surface area contributed by atoms with Crippen LogP contribution in [0.1, 0.15) is 18.4 Å². The van der Waals surface area contributed by atoms with E-state index in [9.17, 15) is 9.59 Å². The highest BCUT2D eigenvalue weighted by Gasteiger charge is 2.34. The molecule has 9 nitrogen and oxygen atoms in total. The van der Waals surface area contributed by atoms with Crippen LogP contribution in [0.4, 0.5) is 4.39 Å². The quantitative estimate of drug-likeness (QED) is 0.262. The van der Waals surface area contributed by atoms with Crippen LogP contribution in [0.5, 0.6) is 23.0 Å². The van der Waals surface area contributed by atoms with Crippen molar-refractivity contribution >= 4 is 22.6 Å². The average Bonchev–Trinajstić information content (AvgIpc) is 3.30. The molecular formula is C30H34FN3O6. The van der Waals surface area contributed by atoms with Crippen molar-refractivity contribution in [2.75, 3.05) is 60.2 Å². The van der Waals surface area contributed by atoms with Crippen molar-refractivity contribution in [3.05, 3.63) is 54.0 Å². The molecule has 40 heavy (non-hydrogen) atoms. The fourth-order valence-electron chi connectivity index (χ4n) is 5.09. The van der Waals surface area contributed by atoms with E-state index < -0.39 is 11.7 Å². The van der Waals surface area contributed by atoms with Crippen molar-refractivity contribution in [2.45, 2.75) is 19.3 Å². The molecule has 0 bridgehead atoms. The smallest absolute Gasteiger partial charge is 0.232 e. The molecule has 5 rings (SSSR count). The van der Waals surface area contributed by atoms with Crippen molar-refractivity contribution < 1.29 is 32.9 Å². The first-order valence-electron chi connectivity index (χ1n) is 13.6. The van der Waals surface area contributed by atoms with Gasteiger partial charge in [0.1, 0.15) is 11.5 Å². The number of rotatable bonds is 11. The number of carbonyl (C=O) groups excluding carboxylic acids is 2. The molecule has 1 amide bonds. The zero-order chi connectivity index (χ0) is 28.1. The third kappa shape index (κ3) is 6.34. The summed E-state index contributed by atoms with van der Waals surface area (Å²) in [6, 6.07) is 9.65. The summed E-state index contributed by atoms with van der Waals surface area (Å²) >= 11 is 0. The van der Waals surface area contributed by atoms with Crippen LogP contribution in [-0.4, -0.2) is 86.6 Å². The largest absolute Gasteiger partial charge is 0.493 e. The molecule has 2 aromatic carbocycles. The number of nitrogens with zero attached hydrogens (tertiary/aromatic N) is 3. The van der Waals surface area contributed by atoms with E-state index in [2.05, 4.69) is 9.88 Å². The molecule has 212 valence electrons. The van der Waals surface area contributed by atoms with E-state index in [1.807, 2.05) is 0 Å².